The zero-order chi connectivity index (χ0) is 24.6. The van der Waals surface area contributed by atoms with Crippen molar-refractivity contribution in [3.05, 3.63) is 79.9 Å². The molecule has 0 saturated heterocycles. The number of hydrogen-bond donors (Lipinski definition) is 2. The third kappa shape index (κ3) is 3.81. The van der Waals surface area contributed by atoms with Gasteiger partial charge in [0.2, 0.25) is 0 Å². The molecular weight excluding hydrogens is 442 g/mol. The van der Waals surface area contributed by atoms with E-state index >= 15 is 0 Å². The van der Waals surface area contributed by atoms with Gasteiger partial charge in [-0.15, -0.1) is 0 Å². The second-order valence-corrected chi connectivity index (χ2v) is 7.90. The summed E-state index contributed by atoms with van der Waals surface area (Å²) in [7, 11) is 1.35. The second kappa shape index (κ2) is 8.85. The smallest absolute Gasteiger partial charge is 0.330 e. The number of anilines is 2. The van der Waals surface area contributed by atoms with E-state index < -0.39 is 29.0 Å². The van der Waals surface area contributed by atoms with E-state index in [0.29, 0.717) is 12.2 Å². The first-order chi connectivity index (χ1) is 16.2. The lowest BCUT2D eigenvalue weighted by atomic mass is 10.0. The molecule has 1 aromatic carbocycles. The number of furan rings is 1. The molecule has 11 nitrogen and oxygen atoms in total. The van der Waals surface area contributed by atoms with Crippen molar-refractivity contribution in [2.75, 3.05) is 17.7 Å². The average molecular weight is 465 g/mol. The zero-order valence-corrected chi connectivity index (χ0v) is 18.7. The summed E-state index contributed by atoms with van der Waals surface area (Å²) in [6.45, 7) is 2.20. The minimum absolute atomic E-state index is 0.0340. The molecule has 4 rings (SSSR count). The molecule has 176 valence electrons. The fourth-order valence-electron chi connectivity index (χ4n) is 3.86. The highest BCUT2D eigenvalue weighted by Crippen LogP contribution is 2.27. The number of benzene rings is 1. The van der Waals surface area contributed by atoms with E-state index in [-0.39, 0.29) is 41.3 Å². The number of imide groups is 1. The molecule has 3 aromatic rings. The Morgan fingerprint density at radius 3 is 2.53 bits per heavy atom. The third-order valence-electron chi connectivity index (χ3n) is 5.70. The van der Waals surface area contributed by atoms with Crippen LogP contribution in [0.4, 0.5) is 11.5 Å². The van der Waals surface area contributed by atoms with Gasteiger partial charge in [0.15, 0.2) is 5.69 Å². The van der Waals surface area contributed by atoms with Crippen LogP contribution in [0.1, 0.15) is 56.6 Å². The van der Waals surface area contributed by atoms with E-state index in [2.05, 4.69) is 4.98 Å². The van der Waals surface area contributed by atoms with Crippen LogP contribution in [0.25, 0.3) is 0 Å². The maximum absolute atomic E-state index is 13.2. The summed E-state index contributed by atoms with van der Waals surface area (Å²) >= 11 is 0. The molecule has 0 aliphatic carbocycles. The molecule has 3 heterocycles. The van der Waals surface area contributed by atoms with Crippen LogP contribution in [0, 0.1) is 0 Å². The van der Waals surface area contributed by atoms with Crippen LogP contribution in [0.5, 0.6) is 0 Å². The van der Waals surface area contributed by atoms with E-state index in [1.165, 1.54) is 36.1 Å². The maximum atomic E-state index is 13.2. The van der Waals surface area contributed by atoms with Crippen molar-refractivity contribution in [2.45, 2.75) is 32.9 Å². The van der Waals surface area contributed by atoms with Crippen LogP contribution in [0.3, 0.4) is 0 Å². The lowest BCUT2D eigenvalue weighted by molar-refractivity contribution is 0.0631. The molecule has 0 radical (unpaired) electrons. The molecule has 1 aliphatic rings. The van der Waals surface area contributed by atoms with Gasteiger partial charge in [0.25, 0.3) is 23.3 Å². The number of nitrogens with two attached hydrogens (primary N) is 1. The summed E-state index contributed by atoms with van der Waals surface area (Å²) in [5, 5.41) is 0. The van der Waals surface area contributed by atoms with Crippen molar-refractivity contribution >= 4 is 29.2 Å². The molecule has 3 N–H and O–H groups in total. The van der Waals surface area contributed by atoms with Crippen LogP contribution in [0.15, 0.2) is 50.6 Å². The van der Waals surface area contributed by atoms with Gasteiger partial charge in [-0.3, -0.25) is 33.6 Å². The number of H-pyrrole nitrogens is 1. The Morgan fingerprint density at radius 2 is 1.85 bits per heavy atom. The van der Waals surface area contributed by atoms with Gasteiger partial charge in [0.1, 0.15) is 11.6 Å². The minimum Gasteiger partial charge on any atom is -0.467 e. The molecule has 3 amide bonds. The molecule has 34 heavy (non-hydrogen) atoms. The van der Waals surface area contributed by atoms with Crippen molar-refractivity contribution in [1.29, 1.82) is 0 Å². The molecule has 0 atom stereocenters. The summed E-state index contributed by atoms with van der Waals surface area (Å²) in [6, 6.07) is 7.41. The number of nitrogen functional groups attached to an aromatic ring is 1. The number of hydrogen-bond acceptors (Lipinski definition) is 7. The Balaban J connectivity index is 1.65. The van der Waals surface area contributed by atoms with Crippen LogP contribution in [0.2, 0.25) is 0 Å². The first-order valence-corrected chi connectivity index (χ1v) is 10.7. The Hall–Kier alpha value is -4.41. The molecule has 0 fully saturated rings. The number of fused-ring (bicyclic) bond motifs is 1. The molecule has 0 spiro atoms. The largest absolute Gasteiger partial charge is 0.467 e. The normalized spacial score (nSPS) is 12.8. The lowest BCUT2D eigenvalue weighted by Crippen LogP contribution is -2.39. The topological polar surface area (TPSA) is 152 Å². The molecule has 1 aliphatic heterocycles. The highest BCUT2D eigenvalue weighted by Gasteiger charge is 2.37. The van der Waals surface area contributed by atoms with Crippen LogP contribution in [-0.2, 0) is 13.1 Å². The number of amides is 3. The summed E-state index contributed by atoms with van der Waals surface area (Å²) in [5.41, 5.74) is 4.77. The lowest BCUT2D eigenvalue weighted by Gasteiger charge is -2.20. The quantitative estimate of drug-likeness (QED) is 0.503. The highest BCUT2D eigenvalue weighted by molar-refractivity contribution is 6.22. The second-order valence-electron chi connectivity index (χ2n) is 7.90. The van der Waals surface area contributed by atoms with E-state index in [0.717, 1.165) is 16.2 Å². The molecular formula is C23H23N5O6. The Morgan fingerprint density at radius 1 is 1.12 bits per heavy atom. The van der Waals surface area contributed by atoms with Gasteiger partial charge in [0.05, 0.1) is 23.9 Å². The molecule has 0 saturated carbocycles. The maximum Gasteiger partial charge on any atom is 0.330 e. The molecule has 0 bridgehead atoms. The van der Waals surface area contributed by atoms with E-state index in [4.69, 9.17) is 10.2 Å². The van der Waals surface area contributed by atoms with Gasteiger partial charge >= 0.3 is 5.69 Å². The van der Waals surface area contributed by atoms with Gasteiger partial charge in [-0.2, -0.15) is 0 Å². The SMILES string of the molecule is CCCCn1c(N)c(N(C)C(=O)c2ccc3c(c2)C(=O)N(Cc2ccco2)C3=O)c(=O)[nH]c1=O. The zero-order valence-electron chi connectivity index (χ0n) is 18.7. The van der Waals surface area contributed by atoms with Gasteiger partial charge in [-0.25, -0.2) is 4.79 Å². The number of rotatable bonds is 7. The summed E-state index contributed by atoms with van der Waals surface area (Å²) < 4.78 is 6.43. The first-order valence-electron chi connectivity index (χ1n) is 10.7. The first kappa shape index (κ1) is 22.8. The van der Waals surface area contributed by atoms with Crippen molar-refractivity contribution in [3.63, 3.8) is 0 Å². The predicted octanol–water partition coefficient (Wildman–Crippen LogP) is 1.58. The van der Waals surface area contributed by atoms with Crippen LogP contribution in [-0.4, -0.2) is 39.2 Å². The predicted molar refractivity (Wildman–Crippen MR) is 123 cm³/mol. The number of carbonyl (C=O) groups is 3. The molecule has 0 unspecified atom stereocenters. The Bertz CT molecular complexity index is 1400. The summed E-state index contributed by atoms with van der Waals surface area (Å²) in [5.74, 6) is -1.37. The average Bonchev–Trinajstić information content (AvgIpc) is 3.41. The van der Waals surface area contributed by atoms with E-state index in [9.17, 15) is 24.0 Å². The fourth-order valence-corrected chi connectivity index (χ4v) is 3.86. The third-order valence-corrected chi connectivity index (χ3v) is 5.70. The Labute approximate surface area is 193 Å². The summed E-state index contributed by atoms with van der Waals surface area (Å²) in [6.07, 6.45) is 2.90. The van der Waals surface area contributed by atoms with Crippen molar-refractivity contribution in [2.24, 2.45) is 0 Å². The monoisotopic (exact) mass is 465 g/mol. The highest BCUT2D eigenvalue weighted by atomic mass is 16.3. The Kier molecular flexibility index (Phi) is 5.93. The van der Waals surface area contributed by atoms with Gasteiger partial charge in [0, 0.05) is 19.2 Å². The van der Waals surface area contributed by atoms with Gasteiger partial charge < -0.3 is 15.1 Å². The van der Waals surface area contributed by atoms with Gasteiger partial charge in [-0.1, -0.05) is 13.3 Å². The number of nitrogens with zero attached hydrogens (tertiary/aromatic N) is 3. The number of aromatic nitrogens is 2. The number of unbranched alkanes of at least 4 members (excludes halogenated alkanes) is 1. The minimum atomic E-state index is -0.803. The standard InChI is InChI=1S/C23H23N5O6/c1-3-4-9-27-18(24)17(19(29)25-23(27)33)26(2)20(30)13-7-8-15-16(11-13)22(32)28(21(15)31)12-14-6-5-10-34-14/h5-8,10-11H,3-4,9,12,24H2,1-2H3,(H,25,29,33). The van der Waals surface area contributed by atoms with Crippen LogP contribution >= 0.6 is 0 Å². The van der Waals surface area contributed by atoms with Crippen molar-refractivity contribution < 1.29 is 18.8 Å². The van der Waals surface area contributed by atoms with E-state index in [1.807, 2.05) is 6.92 Å². The van der Waals surface area contributed by atoms with Crippen molar-refractivity contribution in [1.82, 2.24) is 14.5 Å². The summed E-state index contributed by atoms with van der Waals surface area (Å²) in [4.78, 5) is 67.6. The molecule has 2 aromatic heterocycles. The number of carbonyl (C=O) groups excluding carboxylic acids is 3. The molecule has 11 heteroatoms. The van der Waals surface area contributed by atoms with Gasteiger partial charge in [-0.05, 0) is 36.8 Å². The fraction of sp³-hybridized carbons (Fsp3) is 0.261. The van der Waals surface area contributed by atoms with Crippen LogP contribution < -0.4 is 21.9 Å². The van der Waals surface area contributed by atoms with E-state index in [1.54, 1.807) is 12.1 Å². The number of nitrogens with one attached hydrogen (secondary N) is 1. The van der Waals surface area contributed by atoms with Crippen molar-refractivity contribution in [3.8, 4) is 0 Å². The number of aromatic amines is 1.